The number of hydrogen-bond acceptors (Lipinski definition) is 2. The Balaban J connectivity index is 2.04. The SMILES string of the molecule is Cc1ccc(C(=O)COc2cc(Br)ccc2F)cc1. The number of halogens is 2. The Labute approximate surface area is 119 Å². The van der Waals surface area contributed by atoms with Crippen LogP contribution in [0, 0.1) is 12.7 Å². The standard InChI is InChI=1S/C15H12BrFO2/c1-10-2-4-11(5-3-10)14(18)9-19-15-8-12(16)6-7-13(15)17/h2-8H,9H2,1H3. The molecule has 0 aliphatic carbocycles. The van der Waals surface area contributed by atoms with Gasteiger partial charge in [-0.2, -0.15) is 0 Å². The maximum atomic E-state index is 13.4. The summed E-state index contributed by atoms with van der Waals surface area (Å²) in [6.45, 7) is 1.76. The number of Topliss-reactive ketones (excluding diaryl/α,β-unsaturated/α-hetero) is 1. The molecule has 0 atom stereocenters. The highest BCUT2D eigenvalue weighted by molar-refractivity contribution is 9.10. The summed E-state index contributed by atoms with van der Waals surface area (Å²) in [5, 5.41) is 0. The Hall–Kier alpha value is -1.68. The first-order valence-electron chi connectivity index (χ1n) is 5.74. The molecule has 0 radical (unpaired) electrons. The Bertz CT molecular complexity index is 594. The monoisotopic (exact) mass is 322 g/mol. The van der Waals surface area contributed by atoms with Crippen molar-refractivity contribution in [3.8, 4) is 5.75 Å². The highest BCUT2D eigenvalue weighted by Crippen LogP contribution is 2.22. The van der Waals surface area contributed by atoms with Gasteiger partial charge in [-0.1, -0.05) is 45.8 Å². The predicted octanol–water partition coefficient (Wildman–Crippen LogP) is 4.16. The molecule has 0 N–H and O–H groups in total. The minimum absolute atomic E-state index is 0.0647. The molecule has 98 valence electrons. The number of carbonyl (C=O) groups excluding carboxylic acids is 1. The fraction of sp³-hybridized carbons (Fsp3) is 0.133. The molecule has 2 aromatic carbocycles. The molecule has 0 aliphatic heterocycles. The lowest BCUT2D eigenvalue weighted by Crippen LogP contribution is -2.12. The van der Waals surface area contributed by atoms with Gasteiger partial charge in [0.1, 0.15) is 0 Å². The van der Waals surface area contributed by atoms with Crippen molar-refractivity contribution in [1.82, 2.24) is 0 Å². The molecule has 0 saturated carbocycles. The van der Waals surface area contributed by atoms with Gasteiger partial charge in [-0.3, -0.25) is 4.79 Å². The number of benzene rings is 2. The van der Waals surface area contributed by atoms with Gasteiger partial charge in [0, 0.05) is 10.0 Å². The third-order valence-corrected chi connectivity index (χ3v) is 3.12. The molecule has 0 aliphatic rings. The van der Waals surface area contributed by atoms with Gasteiger partial charge < -0.3 is 4.74 Å². The summed E-state index contributed by atoms with van der Waals surface area (Å²) >= 11 is 3.22. The smallest absolute Gasteiger partial charge is 0.200 e. The third-order valence-electron chi connectivity index (χ3n) is 2.63. The molecule has 0 heterocycles. The maximum absolute atomic E-state index is 13.4. The molecule has 19 heavy (non-hydrogen) atoms. The van der Waals surface area contributed by atoms with E-state index < -0.39 is 5.82 Å². The van der Waals surface area contributed by atoms with Gasteiger partial charge in [0.15, 0.2) is 24.0 Å². The van der Waals surface area contributed by atoms with Crippen molar-refractivity contribution in [2.45, 2.75) is 6.92 Å². The Morgan fingerprint density at radius 1 is 1.21 bits per heavy atom. The Morgan fingerprint density at radius 3 is 2.58 bits per heavy atom. The number of aryl methyl sites for hydroxylation is 1. The number of rotatable bonds is 4. The summed E-state index contributed by atoms with van der Waals surface area (Å²) < 4.78 is 19.3. The zero-order valence-electron chi connectivity index (χ0n) is 10.3. The van der Waals surface area contributed by atoms with Crippen molar-refractivity contribution < 1.29 is 13.9 Å². The average molecular weight is 323 g/mol. The second-order valence-corrected chi connectivity index (χ2v) is 5.07. The van der Waals surface area contributed by atoms with Crippen LogP contribution in [-0.4, -0.2) is 12.4 Å². The molecule has 0 aromatic heterocycles. The highest BCUT2D eigenvalue weighted by Gasteiger charge is 2.09. The summed E-state index contributed by atoms with van der Waals surface area (Å²) in [6, 6.07) is 11.5. The van der Waals surface area contributed by atoms with Crippen molar-refractivity contribution in [3.05, 3.63) is 63.9 Å². The quantitative estimate of drug-likeness (QED) is 0.790. The number of ketones is 1. The highest BCUT2D eigenvalue weighted by atomic mass is 79.9. The Morgan fingerprint density at radius 2 is 1.89 bits per heavy atom. The normalized spacial score (nSPS) is 10.3. The lowest BCUT2D eigenvalue weighted by Gasteiger charge is -2.07. The van der Waals surface area contributed by atoms with Gasteiger partial charge in [-0.15, -0.1) is 0 Å². The minimum Gasteiger partial charge on any atom is -0.482 e. The van der Waals surface area contributed by atoms with E-state index in [2.05, 4.69) is 15.9 Å². The van der Waals surface area contributed by atoms with Gasteiger partial charge >= 0.3 is 0 Å². The van der Waals surface area contributed by atoms with E-state index in [1.807, 2.05) is 19.1 Å². The van der Waals surface area contributed by atoms with E-state index in [1.165, 1.54) is 12.1 Å². The molecule has 4 heteroatoms. The van der Waals surface area contributed by atoms with Crippen LogP contribution in [0.15, 0.2) is 46.9 Å². The minimum atomic E-state index is -0.486. The van der Waals surface area contributed by atoms with Crippen LogP contribution >= 0.6 is 15.9 Å². The van der Waals surface area contributed by atoms with Crippen molar-refractivity contribution in [3.63, 3.8) is 0 Å². The van der Waals surface area contributed by atoms with E-state index in [1.54, 1.807) is 18.2 Å². The molecule has 2 nitrogen and oxygen atoms in total. The molecule has 0 saturated heterocycles. The molecule has 0 unspecified atom stereocenters. The maximum Gasteiger partial charge on any atom is 0.200 e. The van der Waals surface area contributed by atoms with Gasteiger partial charge in [-0.05, 0) is 25.1 Å². The van der Waals surface area contributed by atoms with Crippen molar-refractivity contribution in [1.29, 1.82) is 0 Å². The van der Waals surface area contributed by atoms with Gasteiger partial charge in [0.05, 0.1) is 0 Å². The summed E-state index contributed by atoms with van der Waals surface area (Å²) in [4.78, 5) is 11.9. The summed E-state index contributed by atoms with van der Waals surface area (Å²) in [5.74, 6) is -0.603. The molecular formula is C15H12BrFO2. The van der Waals surface area contributed by atoms with E-state index in [-0.39, 0.29) is 18.1 Å². The first-order chi connectivity index (χ1) is 9.06. The first kappa shape index (κ1) is 13.7. The predicted molar refractivity (Wildman–Crippen MR) is 75.1 cm³/mol. The molecule has 2 rings (SSSR count). The second-order valence-electron chi connectivity index (χ2n) is 4.15. The van der Waals surface area contributed by atoms with Crippen LogP contribution in [0.4, 0.5) is 4.39 Å². The van der Waals surface area contributed by atoms with Crippen LogP contribution in [0.1, 0.15) is 15.9 Å². The summed E-state index contributed by atoms with van der Waals surface area (Å²) in [5.41, 5.74) is 1.64. The largest absolute Gasteiger partial charge is 0.482 e. The number of ether oxygens (including phenoxy) is 1. The summed E-state index contributed by atoms with van der Waals surface area (Å²) in [7, 11) is 0. The van der Waals surface area contributed by atoms with Crippen LogP contribution in [0.2, 0.25) is 0 Å². The fourth-order valence-corrected chi connectivity index (χ4v) is 1.89. The molecule has 0 bridgehead atoms. The summed E-state index contributed by atoms with van der Waals surface area (Å²) in [6.07, 6.45) is 0. The lowest BCUT2D eigenvalue weighted by atomic mass is 10.1. The van der Waals surface area contributed by atoms with Crippen LogP contribution < -0.4 is 4.74 Å². The van der Waals surface area contributed by atoms with Crippen LogP contribution in [0.3, 0.4) is 0 Å². The third kappa shape index (κ3) is 3.64. The lowest BCUT2D eigenvalue weighted by molar-refractivity contribution is 0.0918. The zero-order valence-corrected chi connectivity index (χ0v) is 11.9. The van der Waals surface area contributed by atoms with E-state index in [0.717, 1.165) is 5.56 Å². The van der Waals surface area contributed by atoms with Crippen LogP contribution in [0.5, 0.6) is 5.75 Å². The molecular weight excluding hydrogens is 311 g/mol. The van der Waals surface area contributed by atoms with Gasteiger partial charge in [0.25, 0.3) is 0 Å². The van der Waals surface area contributed by atoms with Crippen molar-refractivity contribution in [2.24, 2.45) is 0 Å². The number of hydrogen-bond donors (Lipinski definition) is 0. The van der Waals surface area contributed by atoms with E-state index in [9.17, 15) is 9.18 Å². The van der Waals surface area contributed by atoms with E-state index >= 15 is 0 Å². The molecule has 0 amide bonds. The molecule has 0 spiro atoms. The molecule has 2 aromatic rings. The Kier molecular flexibility index (Phi) is 4.32. The van der Waals surface area contributed by atoms with E-state index in [4.69, 9.17) is 4.74 Å². The second kappa shape index (κ2) is 5.97. The van der Waals surface area contributed by atoms with Crippen LogP contribution in [-0.2, 0) is 0 Å². The van der Waals surface area contributed by atoms with Crippen molar-refractivity contribution >= 4 is 21.7 Å². The zero-order chi connectivity index (χ0) is 13.8. The molecule has 0 fully saturated rings. The van der Waals surface area contributed by atoms with E-state index in [0.29, 0.717) is 10.0 Å². The van der Waals surface area contributed by atoms with Gasteiger partial charge in [0.2, 0.25) is 0 Å². The van der Waals surface area contributed by atoms with Crippen molar-refractivity contribution in [2.75, 3.05) is 6.61 Å². The fourth-order valence-electron chi connectivity index (χ4n) is 1.55. The average Bonchev–Trinajstić information content (AvgIpc) is 2.40. The number of carbonyl (C=O) groups is 1. The first-order valence-corrected chi connectivity index (χ1v) is 6.53. The van der Waals surface area contributed by atoms with Crippen LogP contribution in [0.25, 0.3) is 0 Å². The topological polar surface area (TPSA) is 26.3 Å². The van der Waals surface area contributed by atoms with Gasteiger partial charge in [-0.25, -0.2) is 4.39 Å².